The lowest BCUT2D eigenvalue weighted by atomic mass is 10.2. The van der Waals surface area contributed by atoms with Crippen LogP contribution in [0.5, 0.6) is 0 Å². The minimum atomic E-state index is -3.42. The van der Waals surface area contributed by atoms with Crippen LogP contribution < -0.4 is 4.72 Å². The summed E-state index contributed by atoms with van der Waals surface area (Å²) in [6.45, 7) is 1.82. The second kappa shape index (κ2) is 4.94. The molecule has 0 unspecified atom stereocenters. The van der Waals surface area contributed by atoms with Crippen molar-refractivity contribution in [3.8, 4) is 0 Å². The van der Waals surface area contributed by atoms with Crippen LogP contribution >= 0.6 is 0 Å². The number of hydrogen-bond acceptors (Lipinski definition) is 3. The summed E-state index contributed by atoms with van der Waals surface area (Å²) in [5.74, 6) is -0.796. The van der Waals surface area contributed by atoms with Gasteiger partial charge < -0.3 is 5.11 Å². The minimum Gasteiger partial charge on any atom is -0.480 e. The second-order valence-corrected chi connectivity index (χ2v) is 5.82. The van der Waals surface area contributed by atoms with Gasteiger partial charge >= 0.3 is 5.97 Å². The maximum Gasteiger partial charge on any atom is 0.321 e. The van der Waals surface area contributed by atoms with Crippen LogP contribution in [0.2, 0.25) is 0 Å². The molecule has 1 rings (SSSR count). The number of nitrogens with one attached hydrogen (secondary N) is 1. The average molecular weight is 235 g/mol. The number of carboxylic acids is 1. The van der Waals surface area contributed by atoms with E-state index >= 15 is 0 Å². The van der Waals surface area contributed by atoms with Gasteiger partial charge in [0, 0.05) is 0 Å². The molecule has 0 aliphatic heterocycles. The summed E-state index contributed by atoms with van der Waals surface area (Å²) in [5.41, 5.74) is 0. The van der Waals surface area contributed by atoms with E-state index in [9.17, 15) is 13.2 Å². The first-order valence-corrected chi connectivity index (χ1v) is 6.82. The van der Waals surface area contributed by atoms with Crippen molar-refractivity contribution in [3.63, 3.8) is 0 Å². The number of hydrogen-bond donors (Lipinski definition) is 2. The Labute approximate surface area is 89.9 Å². The highest BCUT2D eigenvalue weighted by Crippen LogP contribution is 2.30. The van der Waals surface area contributed by atoms with E-state index in [1.807, 2.05) is 6.92 Å². The number of carboxylic acid groups (broad SMARTS) is 1. The molecular weight excluding hydrogens is 218 g/mol. The normalized spacial score (nSPS) is 18.7. The molecular formula is C9H17NO4S. The largest absolute Gasteiger partial charge is 0.480 e. The van der Waals surface area contributed by atoms with Gasteiger partial charge in [0.1, 0.15) is 6.04 Å². The highest BCUT2D eigenvalue weighted by molar-refractivity contribution is 7.89. The number of sulfonamides is 1. The van der Waals surface area contributed by atoms with E-state index in [0.717, 1.165) is 12.8 Å². The molecule has 1 aliphatic carbocycles. The average Bonchev–Trinajstić information content (AvgIpc) is 2.86. The van der Waals surface area contributed by atoms with E-state index in [4.69, 9.17) is 5.11 Å². The van der Waals surface area contributed by atoms with Crippen molar-refractivity contribution in [3.05, 3.63) is 0 Å². The molecule has 0 amide bonds. The minimum absolute atomic E-state index is 0.0699. The quantitative estimate of drug-likeness (QED) is 0.675. The maximum absolute atomic E-state index is 11.5. The van der Waals surface area contributed by atoms with Crippen molar-refractivity contribution in [2.24, 2.45) is 5.92 Å². The van der Waals surface area contributed by atoms with Crippen LogP contribution in [0.15, 0.2) is 0 Å². The zero-order valence-corrected chi connectivity index (χ0v) is 9.59. The van der Waals surface area contributed by atoms with E-state index in [-0.39, 0.29) is 11.7 Å². The lowest BCUT2D eigenvalue weighted by Gasteiger charge is -2.13. The molecule has 0 bridgehead atoms. The molecule has 2 N–H and O–H groups in total. The lowest BCUT2D eigenvalue weighted by Crippen LogP contribution is -2.41. The molecule has 0 heterocycles. The Bertz CT molecular complexity index is 321. The van der Waals surface area contributed by atoms with Gasteiger partial charge in [0.15, 0.2) is 0 Å². The third-order valence-corrected chi connectivity index (χ3v) is 3.90. The van der Waals surface area contributed by atoms with Gasteiger partial charge in [0.05, 0.1) is 5.75 Å². The third-order valence-electron chi connectivity index (χ3n) is 2.35. The molecule has 0 saturated heterocycles. The van der Waals surface area contributed by atoms with Gasteiger partial charge in [-0.1, -0.05) is 13.3 Å². The summed E-state index contributed by atoms with van der Waals surface area (Å²) in [5, 5.41) is 8.79. The standard InChI is InChI=1S/C9H17NO4S/c1-2-3-8(9(11)12)10-15(13,14)6-7-4-5-7/h7-8,10H,2-6H2,1H3,(H,11,12)/t8-/m1/s1. The molecule has 0 spiro atoms. The Kier molecular flexibility index (Phi) is 4.10. The van der Waals surface area contributed by atoms with E-state index in [0.29, 0.717) is 12.8 Å². The topological polar surface area (TPSA) is 83.5 Å². The van der Waals surface area contributed by atoms with Crippen molar-refractivity contribution in [1.82, 2.24) is 4.72 Å². The highest BCUT2D eigenvalue weighted by atomic mass is 32.2. The fraction of sp³-hybridized carbons (Fsp3) is 0.889. The number of carbonyl (C=O) groups is 1. The van der Waals surface area contributed by atoms with Gasteiger partial charge in [0.2, 0.25) is 10.0 Å². The summed E-state index contributed by atoms with van der Waals surface area (Å²) in [4.78, 5) is 10.7. The Morgan fingerprint density at radius 2 is 2.13 bits per heavy atom. The Balaban J connectivity index is 2.51. The van der Waals surface area contributed by atoms with Crippen molar-refractivity contribution >= 4 is 16.0 Å². The predicted molar refractivity (Wildman–Crippen MR) is 56.0 cm³/mol. The first-order valence-electron chi connectivity index (χ1n) is 5.17. The van der Waals surface area contributed by atoms with Crippen LogP contribution in [0.1, 0.15) is 32.6 Å². The van der Waals surface area contributed by atoms with Gasteiger partial charge in [0.25, 0.3) is 0 Å². The van der Waals surface area contributed by atoms with Crippen LogP contribution in [0.25, 0.3) is 0 Å². The summed E-state index contributed by atoms with van der Waals surface area (Å²) < 4.78 is 25.2. The predicted octanol–water partition coefficient (Wildman–Crippen LogP) is 0.569. The van der Waals surface area contributed by atoms with Crippen molar-refractivity contribution in [2.75, 3.05) is 5.75 Å². The molecule has 6 heteroatoms. The number of rotatable bonds is 7. The van der Waals surface area contributed by atoms with Gasteiger partial charge in [-0.3, -0.25) is 4.79 Å². The highest BCUT2D eigenvalue weighted by Gasteiger charge is 2.30. The van der Waals surface area contributed by atoms with Gasteiger partial charge in [-0.15, -0.1) is 0 Å². The monoisotopic (exact) mass is 235 g/mol. The van der Waals surface area contributed by atoms with Gasteiger partial charge in [-0.2, -0.15) is 0 Å². The Morgan fingerprint density at radius 3 is 2.53 bits per heavy atom. The first kappa shape index (κ1) is 12.4. The van der Waals surface area contributed by atoms with Gasteiger partial charge in [-0.25, -0.2) is 13.1 Å². The summed E-state index contributed by atoms with van der Waals surface area (Å²) in [6.07, 6.45) is 2.85. The SMILES string of the molecule is CCC[C@@H](NS(=O)(=O)CC1CC1)C(=O)O. The van der Waals surface area contributed by atoms with Crippen LogP contribution in [0, 0.1) is 5.92 Å². The van der Waals surface area contributed by atoms with E-state index in [1.54, 1.807) is 0 Å². The fourth-order valence-corrected chi connectivity index (χ4v) is 3.08. The van der Waals surface area contributed by atoms with E-state index in [2.05, 4.69) is 4.72 Å². The summed E-state index contributed by atoms with van der Waals surface area (Å²) >= 11 is 0. The van der Waals surface area contributed by atoms with Crippen LogP contribution in [-0.2, 0) is 14.8 Å². The third kappa shape index (κ3) is 4.61. The zero-order valence-electron chi connectivity index (χ0n) is 8.77. The molecule has 88 valence electrons. The maximum atomic E-state index is 11.5. The summed E-state index contributed by atoms with van der Waals surface area (Å²) in [7, 11) is -3.42. The zero-order chi connectivity index (χ0) is 11.5. The van der Waals surface area contributed by atoms with Crippen LogP contribution in [0.4, 0.5) is 0 Å². The molecule has 0 aromatic rings. The molecule has 0 radical (unpaired) electrons. The van der Waals surface area contributed by atoms with Gasteiger partial charge in [-0.05, 0) is 25.2 Å². The van der Waals surface area contributed by atoms with Crippen LogP contribution in [0.3, 0.4) is 0 Å². The number of aliphatic carboxylic acids is 1. The molecule has 0 aromatic heterocycles. The lowest BCUT2D eigenvalue weighted by molar-refractivity contribution is -0.139. The second-order valence-electron chi connectivity index (χ2n) is 4.02. The molecule has 1 aliphatic rings. The Hall–Kier alpha value is -0.620. The van der Waals surface area contributed by atoms with Crippen molar-refractivity contribution in [1.29, 1.82) is 0 Å². The molecule has 0 aromatic carbocycles. The first-order chi connectivity index (χ1) is 6.94. The fourth-order valence-electron chi connectivity index (χ4n) is 1.38. The molecule has 1 saturated carbocycles. The smallest absolute Gasteiger partial charge is 0.321 e. The molecule has 5 nitrogen and oxygen atoms in total. The Morgan fingerprint density at radius 1 is 1.53 bits per heavy atom. The van der Waals surface area contributed by atoms with Crippen molar-refractivity contribution < 1.29 is 18.3 Å². The van der Waals surface area contributed by atoms with E-state index in [1.165, 1.54) is 0 Å². The van der Waals surface area contributed by atoms with Crippen molar-refractivity contribution in [2.45, 2.75) is 38.6 Å². The van der Waals surface area contributed by atoms with E-state index < -0.39 is 22.0 Å². The summed E-state index contributed by atoms with van der Waals surface area (Å²) in [6, 6.07) is -0.973. The van der Waals surface area contributed by atoms with Crippen LogP contribution in [-0.4, -0.2) is 31.3 Å². The molecule has 1 fully saturated rings. The molecule has 1 atom stereocenters. The molecule has 15 heavy (non-hydrogen) atoms.